The SMILES string of the molecule is C=CCOc1ccc(Br)cc1/C=N\NC(=O)c1ccc2c(c1)OCO2. The van der Waals surface area contributed by atoms with Crippen LogP contribution in [0.2, 0.25) is 0 Å². The van der Waals surface area contributed by atoms with E-state index in [2.05, 4.69) is 33.0 Å². The quantitative estimate of drug-likeness (QED) is 0.456. The molecule has 0 aliphatic carbocycles. The number of nitrogens with zero attached hydrogens (tertiary/aromatic N) is 1. The molecule has 0 atom stereocenters. The number of hydrogen-bond acceptors (Lipinski definition) is 5. The molecule has 3 rings (SSSR count). The Hall–Kier alpha value is -2.80. The zero-order valence-electron chi connectivity index (χ0n) is 13.2. The van der Waals surface area contributed by atoms with Gasteiger partial charge in [-0.15, -0.1) is 0 Å². The van der Waals surface area contributed by atoms with Gasteiger partial charge in [-0.2, -0.15) is 5.10 Å². The van der Waals surface area contributed by atoms with Crippen LogP contribution in [0.25, 0.3) is 0 Å². The first-order chi connectivity index (χ1) is 12.2. The number of carbonyl (C=O) groups is 1. The predicted molar refractivity (Wildman–Crippen MR) is 97.5 cm³/mol. The number of halogens is 1. The summed E-state index contributed by atoms with van der Waals surface area (Å²) in [5.41, 5.74) is 3.64. The molecule has 25 heavy (non-hydrogen) atoms. The third-order valence-electron chi connectivity index (χ3n) is 3.33. The van der Waals surface area contributed by atoms with Crippen LogP contribution in [0.15, 0.2) is 58.6 Å². The standard InChI is InChI=1S/C18H15BrN2O4/c1-2-7-23-15-6-4-14(19)8-13(15)10-20-21-18(22)12-3-5-16-17(9-12)25-11-24-16/h2-6,8-10H,1,7,11H2,(H,21,22)/b20-10-. The number of fused-ring (bicyclic) bond motifs is 1. The summed E-state index contributed by atoms with van der Waals surface area (Å²) >= 11 is 3.40. The maximum absolute atomic E-state index is 12.2. The fourth-order valence-corrected chi connectivity index (χ4v) is 2.54. The van der Waals surface area contributed by atoms with E-state index in [4.69, 9.17) is 14.2 Å². The Balaban J connectivity index is 1.69. The Labute approximate surface area is 153 Å². The van der Waals surface area contributed by atoms with Crippen LogP contribution in [0, 0.1) is 0 Å². The number of hydrogen-bond donors (Lipinski definition) is 1. The van der Waals surface area contributed by atoms with Gasteiger partial charge in [-0.1, -0.05) is 28.6 Å². The highest BCUT2D eigenvalue weighted by atomic mass is 79.9. The van der Waals surface area contributed by atoms with E-state index >= 15 is 0 Å². The highest BCUT2D eigenvalue weighted by molar-refractivity contribution is 9.10. The third kappa shape index (κ3) is 4.19. The molecular weight excluding hydrogens is 388 g/mol. The number of nitrogens with one attached hydrogen (secondary N) is 1. The fourth-order valence-electron chi connectivity index (χ4n) is 2.16. The van der Waals surface area contributed by atoms with Gasteiger partial charge in [-0.3, -0.25) is 4.79 Å². The van der Waals surface area contributed by atoms with Crippen molar-refractivity contribution in [3.8, 4) is 17.2 Å². The van der Waals surface area contributed by atoms with Gasteiger partial charge in [0.05, 0.1) is 6.21 Å². The molecule has 1 heterocycles. The van der Waals surface area contributed by atoms with Crippen molar-refractivity contribution >= 4 is 28.1 Å². The lowest BCUT2D eigenvalue weighted by atomic mass is 10.2. The molecule has 0 bridgehead atoms. The fraction of sp³-hybridized carbons (Fsp3) is 0.111. The minimum Gasteiger partial charge on any atom is -0.489 e. The molecule has 0 aromatic heterocycles. The second-order valence-electron chi connectivity index (χ2n) is 5.05. The molecule has 128 valence electrons. The molecule has 0 spiro atoms. The van der Waals surface area contributed by atoms with E-state index in [-0.39, 0.29) is 12.7 Å². The van der Waals surface area contributed by atoms with Crippen molar-refractivity contribution in [3.05, 3.63) is 64.7 Å². The lowest BCUT2D eigenvalue weighted by Crippen LogP contribution is -2.17. The smallest absolute Gasteiger partial charge is 0.271 e. The summed E-state index contributed by atoms with van der Waals surface area (Å²) in [5.74, 6) is 1.46. The molecule has 2 aromatic rings. The monoisotopic (exact) mass is 402 g/mol. The van der Waals surface area contributed by atoms with Gasteiger partial charge in [0.25, 0.3) is 5.91 Å². The molecule has 1 amide bonds. The average Bonchev–Trinajstić information content (AvgIpc) is 3.08. The van der Waals surface area contributed by atoms with Crippen molar-refractivity contribution in [1.29, 1.82) is 0 Å². The molecular formula is C18H15BrN2O4. The Kier molecular flexibility index (Phi) is 5.35. The molecule has 0 saturated heterocycles. The van der Waals surface area contributed by atoms with Gasteiger partial charge in [-0.25, -0.2) is 5.43 Å². The Morgan fingerprint density at radius 2 is 2.12 bits per heavy atom. The molecule has 2 aromatic carbocycles. The third-order valence-corrected chi connectivity index (χ3v) is 3.83. The van der Waals surface area contributed by atoms with Gasteiger partial charge >= 0.3 is 0 Å². The highest BCUT2D eigenvalue weighted by Gasteiger charge is 2.15. The topological polar surface area (TPSA) is 69.2 Å². The number of benzene rings is 2. The summed E-state index contributed by atoms with van der Waals surface area (Å²) in [6.07, 6.45) is 3.18. The van der Waals surface area contributed by atoms with E-state index in [1.54, 1.807) is 24.3 Å². The normalized spacial score (nSPS) is 12.2. The maximum Gasteiger partial charge on any atom is 0.271 e. The minimum atomic E-state index is -0.349. The second kappa shape index (κ2) is 7.85. The molecule has 1 N–H and O–H groups in total. The van der Waals surface area contributed by atoms with Crippen LogP contribution in [0.4, 0.5) is 0 Å². The number of carbonyl (C=O) groups excluding carboxylic acids is 1. The summed E-state index contributed by atoms with van der Waals surface area (Å²) < 4.78 is 16.9. The minimum absolute atomic E-state index is 0.162. The first-order valence-corrected chi connectivity index (χ1v) is 8.23. The molecule has 0 unspecified atom stereocenters. The van der Waals surface area contributed by atoms with Crippen LogP contribution in [0.5, 0.6) is 17.2 Å². The first kappa shape index (κ1) is 17.0. The second-order valence-corrected chi connectivity index (χ2v) is 5.96. The Morgan fingerprint density at radius 1 is 1.28 bits per heavy atom. The summed E-state index contributed by atoms with van der Waals surface area (Å²) in [4.78, 5) is 12.2. The van der Waals surface area contributed by atoms with Crippen molar-refractivity contribution < 1.29 is 19.0 Å². The number of amides is 1. The van der Waals surface area contributed by atoms with Gasteiger partial charge in [0.1, 0.15) is 12.4 Å². The van der Waals surface area contributed by atoms with Crippen molar-refractivity contribution in [2.45, 2.75) is 0 Å². The number of hydrazone groups is 1. The molecule has 0 fully saturated rings. The summed E-state index contributed by atoms with van der Waals surface area (Å²) in [6.45, 7) is 4.17. The predicted octanol–water partition coefficient (Wildman–Crippen LogP) is 3.51. The summed E-state index contributed by atoms with van der Waals surface area (Å²) in [5, 5.41) is 4.00. The lowest BCUT2D eigenvalue weighted by molar-refractivity contribution is 0.0954. The van der Waals surface area contributed by atoms with Gasteiger partial charge in [0.15, 0.2) is 11.5 Å². The van der Waals surface area contributed by atoms with Gasteiger partial charge in [0, 0.05) is 15.6 Å². The molecule has 1 aliphatic rings. The summed E-state index contributed by atoms with van der Waals surface area (Å²) in [6, 6.07) is 10.5. The van der Waals surface area contributed by atoms with Crippen LogP contribution in [0.1, 0.15) is 15.9 Å². The van der Waals surface area contributed by atoms with Crippen molar-refractivity contribution in [3.63, 3.8) is 0 Å². The van der Waals surface area contributed by atoms with E-state index < -0.39 is 0 Å². The Morgan fingerprint density at radius 3 is 2.96 bits per heavy atom. The summed E-state index contributed by atoms with van der Waals surface area (Å²) in [7, 11) is 0. The number of rotatable bonds is 6. The average molecular weight is 403 g/mol. The molecule has 7 heteroatoms. The van der Waals surface area contributed by atoms with E-state index in [0.717, 1.165) is 10.0 Å². The van der Waals surface area contributed by atoms with Gasteiger partial charge in [0.2, 0.25) is 6.79 Å². The Bertz CT molecular complexity index is 836. The molecule has 0 radical (unpaired) electrons. The number of ether oxygens (including phenoxy) is 3. The lowest BCUT2D eigenvalue weighted by Gasteiger charge is -2.07. The van der Waals surface area contributed by atoms with Gasteiger partial charge < -0.3 is 14.2 Å². The van der Waals surface area contributed by atoms with Crippen LogP contribution < -0.4 is 19.6 Å². The zero-order chi connectivity index (χ0) is 17.6. The molecule has 0 saturated carbocycles. The molecule has 6 nitrogen and oxygen atoms in total. The van der Waals surface area contributed by atoms with E-state index in [1.165, 1.54) is 6.21 Å². The van der Waals surface area contributed by atoms with Crippen LogP contribution in [-0.4, -0.2) is 25.5 Å². The van der Waals surface area contributed by atoms with E-state index in [0.29, 0.717) is 29.4 Å². The van der Waals surface area contributed by atoms with E-state index in [9.17, 15) is 4.79 Å². The highest BCUT2D eigenvalue weighted by Crippen LogP contribution is 2.32. The van der Waals surface area contributed by atoms with Crippen LogP contribution in [-0.2, 0) is 0 Å². The first-order valence-electron chi connectivity index (χ1n) is 7.43. The van der Waals surface area contributed by atoms with Crippen molar-refractivity contribution in [1.82, 2.24) is 5.43 Å². The van der Waals surface area contributed by atoms with Crippen LogP contribution in [0.3, 0.4) is 0 Å². The maximum atomic E-state index is 12.2. The molecule has 1 aliphatic heterocycles. The zero-order valence-corrected chi connectivity index (χ0v) is 14.8. The largest absolute Gasteiger partial charge is 0.489 e. The van der Waals surface area contributed by atoms with Gasteiger partial charge in [-0.05, 0) is 36.4 Å². The van der Waals surface area contributed by atoms with E-state index in [1.807, 2.05) is 18.2 Å². The van der Waals surface area contributed by atoms with Crippen molar-refractivity contribution in [2.75, 3.05) is 13.4 Å². The van der Waals surface area contributed by atoms with Crippen molar-refractivity contribution in [2.24, 2.45) is 5.10 Å². The van der Waals surface area contributed by atoms with Crippen LogP contribution >= 0.6 is 15.9 Å².